The highest BCUT2D eigenvalue weighted by molar-refractivity contribution is 5.81. The summed E-state index contributed by atoms with van der Waals surface area (Å²) in [5, 5.41) is 6.52. The number of rotatable bonds is 9. The number of amides is 1. The summed E-state index contributed by atoms with van der Waals surface area (Å²) in [7, 11) is 0. The van der Waals surface area contributed by atoms with Gasteiger partial charge in [0.15, 0.2) is 0 Å². The van der Waals surface area contributed by atoms with Gasteiger partial charge in [0.05, 0.1) is 6.61 Å². The Morgan fingerprint density at radius 2 is 2.00 bits per heavy atom. The molecule has 1 fully saturated rings. The van der Waals surface area contributed by atoms with E-state index in [1.165, 1.54) is 5.56 Å². The van der Waals surface area contributed by atoms with E-state index in [-0.39, 0.29) is 18.9 Å². The Hall–Kier alpha value is -2.70. The van der Waals surface area contributed by atoms with Crippen LogP contribution in [0.25, 0.3) is 11.4 Å². The molecule has 1 aromatic carbocycles. The average Bonchev–Trinajstić information content (AvgIpc) is 3.38. The van der Waals surface area contributed by atoms with Crippen LogP contribution in [0.2, 0.25) is 0 Å². The number of carbonyl (C=O) groups is 2. The number of nitrogens with one attached hydrogen (secondary N) is 1. The molecule has 3 rings (SSSR count). The predicted octanol–water partition coefficient (Wildman–Crippen LogP) is 2.86. The molecule has 144 valence electrons. The molecule has 7 nitrogen and oxygen atoms in total. The molecule has 1 N–H and O–H groups in total. The number of ether oxygens (including phenoxy) is 1. The predicted molar refractivity (Wildman–Crippen MR) is 98.8 cm³/mol. The third-order valence-corrected chi connectivity index (χ3v) is 4.48. The van der Waals surface area contributed by atoms with Gasteiger partial charge in [-0.25, -0.2) is 0 Å². The number of hydrogen-bond acceptors (Lipinski definition) is 6. The lowest BCUT2D eigenvalue weighted by Crippen LogP contribution is -2.31. The van der Waals surface area contributed by atoms with Crippen LogP contribution in [0.4, 0.5) is 0 Å². The number of aromatic nitrogens is 2. The molecule has 0 bridgehead atoms. The molecule has 0 unspecified atom stereocenters. The van der Waals surface area contributed by atoms with Gasteiger partial charge in [0.2, 0.25) is 17.6 Å². The first-order valence-corrected chi connectivity index (χ1v) is 9.36. The first-order chi connectivity index (χ1) is 13.0. The number of aryl methyl sites for hydroxylation is 1. The minimum atomic E-state index is -0.403. The molecule has 0 spiro atoms. The van der Waals surface area contributed by atoms with Gasteiger partial charge in [-0.1, -0.05) is 43.3 Å². The highest BCUT2D eigenvalue weighted by Gasteiger charge is 2.23. The smallest absolute Gasteiger partial charge is 0.325 e. The molecule has 7 heteroatoms. The molecule has 0 saturated heterocycles. The summed E-state index contributed by atoms with van der Waals surface area (Å²) in [6.07, 6.45) is 2.73. The maximum atomic E-state index is 11.8. The minimum Gasteiger partial charge on any atom is -0.464 e. The van der Waals surface area contributed by atoms with Gasteiger partial charge in [-0.3, -0.25) is 9.59 Å². The fourth-order valence-corrected chi connectivity index (χ4v) is 2.52. The zero-order chi connectivity index (χ0) is 19.2. The zero-order valence-corrected chi connectivity index (χ0v) is 15.7. The number of nitrogens with zero attached hydrogens (tertiary/aromatic N) is 2. The van der Waals surface area contributed by atoms with Gasteiger partial charge in [0.25, 0.3) is 0 Å². The molecular formula is C20H25N3O4. The van der Waals surface area contributed by atoms with Gasteiger partial charge in [-0.15, -0.1) is 0 Å². The molecule has 1 amide bonds. The molecule has 1 heterocycles. The van der Waals surface area contributed by atoms with E-state index in [4.69, 9.17) is 9.26 Å². The minimum absolute atomic E-state index is 0.108. The van der Waals surface area contributed by atoms with E-state index in [1.54, 1.807) is 0 Å². The van der Waals surface area contributed by atoms with Crippen molar-refractivity contribution >= 4 is 11.9 Å². The summed E-state index contributed by atoms with van der Waals surface area (Å²) in [4.78, 5) is 27.7. The van der Waals surface area contributed by atoms with Crippen LogP contribution in [-0.2, 0) is 20.7 Å². The fourth-order valence-electron chi connectivity index (χ4n) is 2.52. The average molecular weight is 371 g/mol. The van der Waals surface area contributed by atoms with E-state index in [0.717, 1.165) is 18.4 Å². The standard InChI is InChI=1S/C20H25N3O4/c1-13(2)15-5-7-16(8-6-15)20-22-18(27-23-20)10-9-17(24)21-11-19(25)26-12-14-3-4-14/h5-8,13-14H,3-4,9-12H2,1-2H3,(H,21,24). The summed E-state index contributed by atoms with van der Waals surface area (Å²) in [6.45, 7) is 4.62. The molecule has 1 saturated carbocycles. The van der Waals surface area contributed by atoms with Crippen molar-refractivity contribution in [3.05, 3.63) is 35.7 Å². The Balaban J connectivity index is 1.41. The lowest BCUT2D eigenvalue weighted by atomic mass is 10.0. The quantitative estimate of drug-likeness (QED) is 0.681. The first-order valence-electron chi connectivity index (χ1n) is 9.36. The van der Waals surface area contributed by atoms with Crippen molar-refractivity contribution in [1.82, 2.24) is 15.5 Å². The highest BCUT2D eigenvalue weighted by atomic mass is 16.5. The Labute approximate surface area is 158 Å². The summed E-state index contributed by atoms with van der Waals surface area (Å²) >= 11 is 0. The summed E-state index contributed by atoms with van der Waals surface area (Å²) in [6, 6.07) is 8.02. The van der Waals surface area contributed by atoms with E-state index in [1.807, 2.05) is 24.3 Å². The molecule has 1 aliphatic rings. The van der Waals surface area contributed by atoms with E-state index in [9.17, 15) is 9.59 Å². The Morgan fingerprint density at radius 3 is 2.67 bits per heavy atom. The van der Waals surface area contributed by atoms with Crippen LogP contribution in [0.1, 0.15) is 50.5 Å². The number of carbonyl (C=O) groups excluding carboxylic acids is 2. The van der Waals surface area contributed by atoms with Crippen molar-refractivity contribution in [2.75, 3.05) is 13.2 Å². The molecule has 27 heavy (non-hydrogen) atoms. The first kappa shape index (κ1) is 19.1. The normalized spacial score (nSPS) is 13.6. The summed E-state index contributed by atoms with van der Waals surface area (Å²) in [5.74, 6) is 1.22. The third kappa shape index (κ3) is 5.91. The molecular weight excluding hydrogens is 346 g/mol. The second kappa shape index (κ2) is 8.79. The fraction of sp³-hybridized carbons (Fsp3) is 0.500. The molecule has 1 aromatic heterocycles. The van der Waals surface area contributed by atoms with Crippen molar-refractivity contribution < 1.29 is 18.8 Å². The summed E-state index contributed by atoms with van der Waals surface area (Å²) in [5.41, 5.74) is 2.12. The van der Waals surface area contributed by atoms with Crippen LogP contribution in [0.3, 0.4) is 0 Å². The Kier molecular flexibility index (Phi) is 6.21. The number of hydrogen-bond donors (Lipinski definition) is 1. The SMILES string of the molecule is CC(C)c1ccc(-c2noc(CCC(=O)NCC(=O)OCC3CC3)n2)cc1. The van der Waals surface area contributed by atoms with Crippen LogP contribution >= 0.6 is 0 Å². The van der Waals surface area contributed by atoms with Crippen LogP contribution in [0.15, 0.2) is 28.8 Å². The highest BCUT2D eigenvalue weighted by Crippen LogP contribution is 2.28. The largest absolute Gasteiger partial charge is 0.464 e. The second-order valence-electron chi connectivity index (χ2n) is 7.19. The maximum absolute atomic E-state index is 11.8. The summed E-state index contributed by atoms with van der Waals surface area (Å²) < 4.78 is 10.3. The molecule has 0 atom stereocenters. The maximum Gasteiger partial charge on any atom is 0.325 e. The number of esters is 1. The van der Waals surface area contributed by atoms with Crippen molar-refractivity contribution in [1.29, 1.82) is 0 Å². The topological polar surface area (TPSA) is 94.3 Å². The monoisotopic (exact) mass is 371 g/mol. The van der Waals surface area contributed by atoms with E-state index in [0.29, 0.717) is 36.6 Å². The van der Waals surface area contributed by atoms with Crippen LogP contribution in [0.5, 0.6) is 0 Å². The zero-order valence-electron chi connectivity index (χ0n) is 15.7. The van der Waals surface area contributed by atoms with Gasteiger partial charge >= 0.3 is 5.97 Å². The van der Waals surface area contributed by atoms with Gasteiger partial charge < -0.3 is 14.6 Å². The van der Waals surface area contributed by atoms with Gasteiger partial charge in [-0.05, 0) is 30.2 Å². The molecule has 0 aliphatic heterocycles. The molecule has 1 aliphatic carbocycles. The van der Waals surface area contributed by atoms with Crippen molar-refractivity contribution in [3.8, 4) is 11.4 Å². The van der Waals surface area contributed by atoms with Crippen LogP contribution in [-0.4, -0.2) is 35.2 Å². The molecule has 2 aromatic rings. The van der Waals surface area contributed by atoms with Crippen molar-refractivity contribution in [3.63, 3.8) is 0 Å². The Morgan fingerprint density at radius 1 is 1.26 bits per heavy atom. The second-order valence-corrected chi connectivity index (χ2v) is 7.19. The van der Waals surface area contributed by atoms with Crippen molar-refractivity contribution in [2.45, 2.75) is 45.4 Å². The van der Waals surface area contributed by atoms with Crippen molar-refractivity contribution in [2.24, 2.45) is 5.92 Å². The van der Waals surface area contributed by atoms with Crippen LogP contribution < -0.4 is 5.32 Å². The van der Waals surface area contributed by atoms with E-state index >= 15 is 0 Å². The number of benzene rings is 1. The van der Waals surface area contributed by atoms with Gasteiger partial charge in [-0.2, -0.15) is 4.98 Å². The Bertz CT molecular complexity index is 779. The third-order valence-electron chi connectivity index (χ3n) is 4.48. The lowest BCUT2D eigenvalue weighted by molar-refractivity contribution is -0.144. The lowest BCUT2D eigenvalue weighted by Gasteiger charge is -2.05. The van der Waals surface area contributed by atoms with E-state index < -0.39 is 5.97 Å². The van der Waals surface area contributed by atoms with Gasteiger partial charge in [0.1, 0.15) is 6.54 Å². The van der Waals surface area contributed by atoms with Crippen LogP contribution in [0, 0.1) is 5.92 Å². The van der Waals surface area contributed by atoms with Gasteiger partial charge in [0, 0.05) is 18.4 Å². The van der Waals surface area contributed by atoms with E-state index in [2.05, 4.69) is 29.3 Å². The molecule has 0 radical (unpaired) electrons.